The molecule has 7 heteroatoms. The molecule has 0 amide bonds. The zero-order valence-corrected chi connectivity index (χ0v) is 32.5. The molecule has 9 atom stereocenters. The Balaban J connectivity index is 1.17. The summed E-state index contributed by atoms with van der Waals surface area (Å²) in [6.45, 7) is 8.23. The highest BCUT2D eigenvalue weighted by atomic mass is 16.5. The van der Waals surface area contributed by atoms with Gasteiger partial charge in [-0.15, -0.1) is 0 Å². The maximum absolute atomic E-state index is 13.4. The topological polar surface area (TPSA) is 109 Å². The van der Waals surface area contributed by atoms with Crippen molar-refractivity contribution in [3.8, 4) is 11.1 Å². The van der Waals surface area contributed by atoms with Gasteiger partial charge in [-0.3, -0.25) is 9.59 Å². The Hall–Kier alpha value is -4.46. The molecule has 0 aliphatic heterocycles. The highest BCUT2D eigenvalue weighted by molar-refractivity contribution is 6.09. The van der Waals surface area contributed by atoms with Gasteiger partial charge < -0.3 is 24.6 Å². The SMILES string of the molecule is COC(=O)C1(C)C(O)CCC2(C)c3cc4c5ccccc5n(C5c6ccccc6-c6cc7c(cc65)CCC5C7(C)CCC(O)C5(C)C(=O)O)c4cc3CCC21. The highest BCUT2D eigenvalue weighted by Gasteiger charge is 2.61. The minimum Gasteiger partial charge on any atom is -0.481 e. The zero-order chi connectivity index (χ0) is 38.4. The van der Waals surface area contributed by atoms with Crippen LogP contribution in [0.1, 0.15) is 106 Å². The molecule has 2 saturated carbocycles. The number of carbonyl (C=O) groups is 2. The van der Waals surface area contributed by atoms with Crippen LogP contribution in [0.15, 0.2) is 72.8 Å². The lowest BCUT2D eigenvalue weighted by molar-refractivity contribution is -0.175. The molecule has 7 nitrogen and oxygen atoms in total. The minimum absolute atomic E-state index is 0.0449. The van der Waals surface area contributed by atoms with Gasteiger partial charge in [0.2, 0.25) is 0 Å². The lowest BCUT2D eigenvalue weighted by atomic mass is 9.49. The lowest BCUT2D eigenvalue weighted by Gasteiger charge is -2.55. The first kappa shape index (κ1) is 35.0. The van der Waals surface area contributed by atoms with Crippen molar-refractivity contribution >= 4 is 33.7 Å². The predicted octanol–water partition coefficient (Wildman–Crippen LogP) is 8.63. The molecule has 5 aliphatic carbocycles. The molecule has 0 spiro atoms. The Morgan fingerprint density at radius 1 is 0.673 bits per heavy atom. The summed E-state index contributed by atoms with van der Waals surface area (Å²) in [5.74, 6) is -1.43. The summed E-state index contributed by atoms with van der Waals surface area (Å²) in [7, 11) is 1.43. The number of aliphatic hydroxyl groups is 2. The van der Waals surface area contributed by atoms with E-state index in [1.54, 1.807) is 6.92 Å². The number of esters is 1. The fourth-order valence-electron chi connectivity index (χ4n) is 13.3. The number of carbonyl (C=O) groups excluding carboxylic acids is 1. The quantitative estimate of drug-likeness (QED) is 0.157. The van der Waals surface area contributed by atoms with Gasteiger partial charge in [-0.05, 0) is 157 Å². The van der Waals surface area contributed by atoms with Gasteiger partial charge in [-0.25, -0.2) is 0 Å². The van der Waals surface area contributed by atoms with Crippen LogP contribution in [-0.2, 0) is 38.0 Å². The van der Waals surface area contributed by atoms with Crippen LogP contribution in [0, 0.1) is 22.7 Å². The fourth-order valence-corrected chi connectivity index (χ4v) is 13.3. The van der Waals surface area contributed by atoms with Gasteiger partial charge in [0.25, 0.3) is 0 Å². The first-order valence-electron chi connectivity index (χ1n) is 20.3. The molecular weight excluding hydrogens is 687 g/mol. The number of ether oxygens (including phenoxy) is 1. The average Bonchev–Trinajstić information content (AvgIpc) is 3.67. The third kappa shape index (κ3) is 4.29. The molecule has 284 valence electrons. The third-order valence-electron chi connectivity index (χ3n) is 16.3. The predicted molar refractivity (Wildman–Crippen MR) is 213 cm³/mol. The monoisotopic (exact) mass is 737 g/mol. The molecule has 5 aromatic rings. The second kappa shape index (κ2) is 11.5. The summed E-state index contributed by atoms with van der Waals surface area (Å²) in [5, 5.41) is 35.3. The molecule has 0 radical (unpaired) electrons. The number of aryl methyl sites for hydroxylation is 2. The number of benzene rings is 4. The lowest BCUT2D eigenvalue weighted by Crippen LogP contribution is -2.58. The largest absolute Gasteiger partial charge is 0.481 e. The van der Waals surface area contributed by atoms with Crippen molar-refractivity contribution in [2.24, 2.45) is 22.7 Å². The Morgan fingerprint density at radius 2 is 1.27 bits per heavy atom. The van der Waals surface area contributed by atoms with Crippen molar-refractivity contribution in [2.75, 3.05) is 7.11 Å². The van der Waals surface area contributed by atoms with Gasteiger partial charge in [-0.2, -0.15) is 0 Å². The van der Waals surface area contributed by atoms with Crippen molar-refractivity contribution in [3.05, 3.63) is 106 Å². The van der Waals surface area contributed by atoms with E-state index in [0.717, 1.165) is 38.5 Å². The molecule has 5 aliphatic rings. The standard InChI is InChI=1S/C48H51NO6/c1-45-20-18-40(50)47(3,43(52)53)38(45)16-14-26-22-33-31(24-34(26)45)28-10-6-7-12-30(28)42(33)49-36-13-9-8-11-29(36)32-25-35-27(23-37(32)49)15-17-39-46(35,2)21-19-41(51)48(39,4)44(54)55-5/h6-13,22-25,38-42,50-51H,14-21H2,1-5H3,(H,52,53). The van der Waals surface area contributed by atoms with E-state index in [1.807, 2.05) is 6.92 Å². The van der Waals surface area contributed by atoms with Crippen LogP contribution in [-0.4, -0.2) is 51.1 Å². The van der Waals surface area contributed by atoms with Crippen LogP contribution in [0.3, 0.4) is 0 Å². The summed E-state index contributed by atoms with van der Waals surface area (Å²) in [4.78, 5) is 26.2. The number of hydrogen-bond acceptors (Lipinski definition) is 5. The molecular formula is C48H51NO6. The normalized spacial score (nSPS) is 34.6. The van der Waals surface area contributed by atoms with Crippen molar-refractivity contribution in [1.29, 1.82) is 0 Å². The molecule has 2 fully saturated rings. The molecule has 3 N–H and O–H groups in total. The van der Waals surface area contributed by atoms with Crippen molar-refractivity contribution < 1.29 is 29.6 Å². The second-order valence-electron chi connectivity index (χ2n) is 18.5. The van der Waals surface area contributed by atoms with Crippen LogP contribution < -0.4 is 0 Å². The highest BCUT2D eigenvalue weighted by Crippen LogP contribution is 2.61. The van der Waals surface area contributed by atoms with Crippen molar-refractivity contribution in [3.63, 3.8) is 0 Å². The number of aliphatic carboxylic acids is 1. The smallest absolute Gasteiger partial charge is 0.314 e. The van der Waals surface area contributed by atoms with Gasteiger partial charge in [0, 0.05) is 16.3 Å². The Bertz CT molecular complexity index is 2480. The fraction of sp³-hybridized carbons (Fsp3) is 0.458. The summed E-state index contributed by atoms with van der Waals surface area (Å²) < 4.78 is 7.90. The van der Waals surface area contributed by atoms with E-state index in [0.29, 0.717) is 12.8 Å². The van der Waals surface area contributed by atoms with Crippen LogP contribution in [0.2, 0.25) is 0 Å². The van der Waals surface area contributed by atoms with E-state index in [-0.39, 0.29) is 34.7 Å². The number of hydrogen-bond donors (Lipinski definition) is 3. The van der Waals surface area contributed by atoms with Gasteiger partial charge in [0.05, 0.1) is 41.7 Å². The Labute approximate surface area is 322 Å². The molecule has 4 aromatic carbocycles. The summed E-state index contributed by atoms with van der Waals surface area (Å²) in [5.41, 5.74) is 9.67. The van der Waals surface area contributed by atoms with Crippen LogP contribution in [0.4, 0.5) is 0 Å². The van der Waals surface area contributed by atoms with Crippen molar-refractivity contribution in [1.82, 2.24) is 4.57 Å². The zero-order valence-electron chi connectivity index (χ0n) is 32.5. The molecule has 9 unspecified atom stereocenters. The number of aliphatic hydroxyl groups excluding tert-OH is 2. The molecule has 55 heavy (non-hydrogen) atoms. The molecule has 0 bridgehead atoms. The number of carboxylic acids is 1. The van der Waals surface area contributed by atoms with Crippen LogP contribution in [0.25, 0.3) is 32.9 Å². The number of aromatic nitrogens is 1. The Kier molecular flexibility index (Phi) is 7.35. The van der Waals surface area contributed by atoms with E-state index < -0.39 is 29.0 Å². The maximum Gasteiger partial charge on any atom is 0.314 e. The summed E-state index contributed by atoms with van der Waals surface area (Å²) in [6.07, 6.45) is 4.12. The number of fused-ring (bicyclic) bond motifs is 12. The summed E-state index contributed by atoms with van der Waals surface area (Å²) >= 11 is 0. The molecule has 10 rings (SSSR count). The summed E-state index contributed by atoms with van der Waals surface area (Å²) in [6, 6.07) is 27.1. The van der Waals surface area contributed by atoms with Crippen molar-refractivity contribution in [2.45, 2.75) is 108 Å². The third-order valence-corrected chi connectivity index (χ3v) is 16.3. The van der Waals surface area contributed by atoms with Gasteiger partial charge >= 0.3 is 11.9 Å². The van der Waals surface area contributed by atoms with Crippen LogP contribution in [0.5, 0.6) is 0 Å². The van der Waals surface area contributed by atoms with Gasteiger partial charge in [0.15, 0.2) is 0 Å². The number of rotatable bonds is 3. The number of carboxylic acid groups (broad SMARTS) is 1. The van der Waals surface area contributed by atoms with Gasteiger partial charge in [-0.1, -0.05) is 62.4 Å². The first-order valence-corrected chi connectivity index (χ1v) is 20.3. The Morgan fingerprint density at radius 3 is 1.96 bits per heavy atom. The van der Waals surface area contributed by atoms with Gasteiger partial charge in [0.1, 0.15) is 0 Å². The van der Waals surface area contributed by atoms with E-state index in [9.17, 15) is 24.9 Å². The molecule has 1 heterocycles. The first-order chi connectivity index (χ1) is 26.3. The molecule has 1 aromatic heterocycles. The van der Waals surface area contributed by atoms with Crippen LogP contribution >= 0.6 is 0 Å². The van der Waals surface area contributed by atoms with E-state index >= 15 is 0 Å². The maximum atomic E-state index is 13.4. The van der Waals surface area contributed by atoms with E-state index in [1.165, 1.54) is 73.4 Å². The number of nitrogens with zero attached hydrogens (tertiary/aromatic N) is 1. The number of para-hydroxylation sites is 1. The van der Waals surface area contributed by atoms with E-state index in [4.69, 9.17) is 4.74 Å². The van der Waals surface area contributed by atoms with E-state index in [2.05, 4.69) is 91.2 Å². The average molecular weight is 738 g/mol. The minimum atomic E-state index is -1.20. The number of methoxy groups -OCH3 is 1. The molecule has 0 saturated heterocycles. The second-order valence-corrected chi connectivity index (χ2v) is 18.5.